The minimum Gasteiger partial charge on any atom is -0.494 e. The van der Waals surface area contributed by atoms with Crippen LogP contribution in [0.25, 0.3) is 12.2 Å². The number of nitro groups is 1. The van der Waals surface area contributed by atoms with Crippen LogP contribution in [0, 0.1) is 10.1 Å². The largest absolute Gasteiger partial charge is 0.494 e. The second kappa shape index (κ2) is 25.8. The average molecular weight is 1100 g/mol. The fourth-order valence-electron chi connectivity index (χ4n) is 8.88. The standard InChI is InChI=1S/C58H58N10O11S/c1-35-10-21-43-48(29-35)79-49-31-41(65(2)3)20-23-44(49)55(43)45-30-36(11-22-42(45)58(73)74)56(71)60-24-8-27-67-54(70)34-52(57(67)72)80-28-25-59-53(69)9-7-26-66(4)39-16-12-37(13-17-39)61-63-46-32-51(78-6)47(33-50(46)77-5)64-62-38-14-18-40(19-15-38)68(75)76/h10-23,29-33,52H,1,7-9,24-28,34H2,2-6H3,(H,59,69)(H,60,71)(H,73,74). The number of methoxy groups -OCH3 is 2. The zero-order chi connectivity index (χ0) is 57.0. The SMILES string of the molecule is C=c1ccc2c(c1)Oc1cc(N(C)C)ccc1C=2c1cc(C(=O)NCCCN2C(=O)CC(SCCNC(=O)CCCN(C)c3ccc(N=Nc4cc(OC)c(N=Nc5ccc([N+](=O)[O-])cc5)cc4OC)cc3)C2=O)ccc1C(=O)O. The number of carboxylic acid groups (broad SMARTS) is 1. The number of thioether (sulfide) groups is 1. The van der Waals surface area contributed by atoms with Crippen molar-refractivity contribution in [3.05, 3.63) is 158 Å². The van der Waals surface area contributed by atoms with Gasteiger partial charge in [-0.25, -0.2) is 4.79 Å². The number of aromatic carboxylic acids is 1. The van der Waals surface area contributed by atoms with E-state index in [1.807, 2.05) is 85.5 Å². The Morgan fingerprint density at radius 2 is 1.45 bits per heavy atom. The predicted octanol–water partition coefficient (Wildman–Crippen LogP) is 8.98. The number of likely N-dealkylation sites (tertiary alicyclic amines) is 1. The van der Waals surface area contributed by atoms with E-state index in [1.54, 1.807) is 24.3 Å². The first-order valence-electron chi connectivity index (χ1n) is 25.4. The number of nitrogens with one attached hydrogen (secondary N) is 2. The molecule has 2 heterocycles. The molecule has 0 aromatic heterocycles. The number of carbonyl (C=O) groups is 5. The van der Waals surface area contributed by atoms with E-state index in [9.17, 15) is 39.2 Å². The lowest BCUT2D eigenvalue weighted by atomic mass is 9.88. The number of carboxylic acids is 1. The van der Waals surface area contributed by atoms with Crippen LogP contribution >= 0.6 is 11.8 Å². The molecule has 80 heavy (non-hydrogen) atoms. The quantitative estimate of drug-likeness (QED) is 0.0168. The highest BCUT2D eigenvalue weighted by molar-refractivity contribution is 8.00. The number of carbonyl (C=O) groups excluding carboxylic acids is 4. The van der Waals surface area contributed by atoms with Crippen LogP contribution in [0.2, 0.25) is 0 Å². The second-order valence-corrected chi connectivity index (χ2v) is 20.1. The lowest BCUT2D eigenvalue weighted by Gasteiger charge is -2.24. The number of nitrogens with zero attached hydrogens (tertiary/aromatic N) is 8. The van der Waals surface area contributed by atoms with Crippen molar-refractivity contribution in [3.63, 3.8) is 0 Å². The summed E-state index contributed by atoms with van der Waals surface area (Å²) in [6.07, 6.45) is 1.22. The predicted molar refractivity (Wildman–Crippen MR) is 305 cm³/mol. The number of hydrogen-bond donors (Lipinski definition) is 3. The van der Waals surface area contributed by atoms with Crippen molar-refractivity contribution in [2.24, 2.45) is 20.5 Å². The first-order chi connectivity index (χ1) is 38.5. The number of benzene rings is 6. The van der Waals surface area contributed by atoms with Crippen molar-refractivity contribution in [3.8, 4) is 23.0 Å². The molecule has 0 spiro atoms. The summed E-state index contributed by atoms with van der Waals surface area (Å²) in [6, 6.07) is 31.8. The van der Waals surface area contributed by atoms with Crippen molar-refractivity contribution in [1.29, 1.82) is 0 Å². The van der Waals surface area contributed by atoms with Crippen LogP contribution in [0.1, 0.15) is 57.5 Å². The molecule has 0 bridgehead atoms. The molecule has 0 saturated carbocycles. The fourth-order valence-corrected chi connectivity index (χ4v) is 9.91. The number of rotatable bonds is 24. The van der Waals surface area contributed by atoms with Crippen molar-refractivity contribution >= 4 is 93.3 Å². The maximum absolute atomic E-state index is 13.6. The molecule has 1 unspecified atom stereocenters. The molecule has 3 N–H and O–H groups in total. The molecule has 2 aliphatic heterocycles. The molecular weight excluding hydrogens is 1040 g/mol. The van der Waals surface area contributed by atoms with Crippen LogP contribution in [0.5, 0.6) is 23.0 Å². The van der Waals surface area contributed by atoms with Gasteiger partial charge in [-0.15, -0.1) is 22.0 Å². The van der Waals surface area contributed by atoms with Crippen LogP contribution < -0.4 is 45.1 Å². The highest BCUT2D eigenvalue weighted by Crippen LogP contribution is 2.42. The van der Waals surface area contributed by atoms with E-state index < -0.39 is 22.0 Å². The van der Waals surface area contributed by atoms with Gasteiger partial charge >= 0.3 is 5.97 Å². The number of anilines is 2. The van der Waals surface area contributed by atoms with Gasteiger partial charge in [-0.3, -0.25) is 34.2 Å². The highest BCUT2D eigenvalue weighted by atomic mass is 32.2. The van der Waals surface area contributed by atoms with E-state index >= 15 is 0 Å². The number of imide groups is 1. The van der Waals surface area contributed by atoms with Crippen molar-refractivity contribution in [2.75, 3.05) is 77.1 Å². The van der Waals surface area contributed by atoms with Gasteiger partial charge in [0.2, 0.25) is 17.7 Å². The Balaban J connectivity index is 0.754. The molecular formula is C58H58N10O11S. The summed E-state index contributed by atoms with van der Waals surface area (Å²) in [6.45, 7) is 5.22. The summed E-state index contributed by atoms with van der Waals surface area (Å²) in [5, 5.41) is 45.0. The minimum absolute atomic E-state index is 0.00752. The molecule has 6 aromatic carbocycles. The maximum atomic E-state index is 13.6. The molecule has 0 aliphatic carbocycles. The second-order valence-electron chi connectivity index (χ2n) is 18.8. The van der Waals surface area contributed by atoms with Crippen LogP contribution in [-0.2, 0) is 14.4 Å². The molecule has 6 aromatic rings. The number of fused-ring (bicyclic) bond motifs is 2. The molecule has 0 radical (unpaired) electrons. The molecule has 1 saturated heterocycles. The van der Waals surface area contributed by atoms with Crippen LogP contribution in [-0.4, -0.2) is 117 Å². The maximum Gasteiger partial charge on any atom is 0.336 e. The third kappa shape index (κ3) is 13.6. The van der Waals surface area contributed by atoms with Crippen molar-refractivity contribution in [1.82, 2.24) is 15.5 Å². The molecule has 22 heteroatoms. The fraction of sp³-hybridized carbons (Fsp3) is 0.259. The molecule has 8 rings (SSSR count). The van der Waals surface area contributed by atoms with Gasteiger partial charge in [0.25, 0.3) is 11.6 Å². The van der Waals surface area contributed by atoms with Gasteiger partial charge in [0.1, 0.15) is 34.4 Å². The lowest BCUT2D eigenvalue weighted by Crippen LogP contribution is -2.35. The Kier molecular flexibility index (Phi) is 18.3. The van der Waals surface area contributed by atoms with Crippen molar-refractivity contribution in [2.45, 2.75) is 30.9 Å². The summed E-state index contributed by atoms with van der Waals surface area (Å²) >= 11 is 1.32. The summed E-state index contributed by atoms with van der Waals surface area (Å²) in [4.78, 5) is 80.8. The Hall–Kier alpha value is -9.44. The van der Waals surface area contributed by atoms with Gasteiger partial charge in [-0.2, -0.15) is 10.2 Å². The Labute approximate surface area is 464 Å². The van der Waals surface area contributed by atoms with Crippen LogP contribution in [0.4, 0.5) is 39.8 Å². The van der Waals surface area contributed by atoms with Gasteiger partial charge in [0.15, 0.2) is 0 Å². The molecule has 21 nitrogen and oxygen atoms in total. The van der Waals surface area contributed by atoms with E-state index in [-0.39, 0.29) is 60.5 Å². The monoisotopic (exact) mass is 1100 g/mol. The van der Waals surface area contributed by atoms with E-state index in [4.69, 9.17) is 14.2 Å². The Morgan fingerprint density at radius 3 is 2.09 bits per heavy atom. The van der Waals surface area contributed by atoms with Gasteiger partial charge in [0, 0.05) is 130 Å². The van der Waals surface area contributed by atoms with Gasteiger partial charge in [0.05, 0.1) is 41.3 Å². The van der Waals surface area contributed by atoms with Crippen LogP contribution in [0.3, 0.4) is 0 Å². The molecule has 4 amide bonds. The van der Waals surface area contributed by atoms with E-state index in [0.717, 1.165) is 11.4 Å². The molecule has 412 valence electrons. The van der Waals surface area contributed by atoms with Gasteiger partial charge < -0.3 is 39.8 Å². The Morgan fingerprint density at radius 1 is 0.787 bits per heavy atom. The number of nitro benzene ring substituents is 1. The minimum atomic E-state index is -1.16. The molecule has 2 aliphatic rings. The zero-order valence-corrected chi connectivity index (χ0v) is 45.5. The lowest BCUT2D eigenvalue weighted by molar-refractivity contribution is -0.384. The summed E-state index contributed by atoms with van der Waals surface area (Å²) < 4.78 is 17.3. The van der Waals surface area contributed by atoms with Gasteiger partial charge in [-0.05, 0) is 96.4 Å². The highest BCUT2D eigenvalue weighted by Gasteiger charge is 2.38. The number of ether oxygens (including phenoxy) is 3. The first kappa shape index (κ1) is 56.8. The normalized spacial score (nSPS) is 13.7. The summed E-state index contributed by atoms with van der Waals surface area (Å²) in [5.41, 5.74) is 5.31. The van der Waals surface area contributed by atoms with Crippen LogP contribution in [0.15, 0.2) is 136 Å². The average Bonchev–Trinajstić information content (AvgIpc) is 3.73. The molecule has 1 atom stereocenters. The van der Waals surface area contributed by atoms with E-state index in [0.29, 0.717) is 105 Å². The third-order valence-corrected chi connectivity index (χ3v) is 14.3. The topological polar surface area (TPSA) is 260 Å². The van der Waals surface area contributed by atoms with Crippen molar-refractivity contribution < 1.29 is 48.2 Å². The Bertz CT molecular complexity index is 3540. The third-order valence-electron chi connectivity index (χ3n) is 13.1. The number of amides is 4. The summed E-state index contributed by atoms with van der Waals surface area (Å²) in [7, 11) is 8.70. The number of azo groups is 2. The van der Waals surface area contributed by atoms with E-state index in [1.165, 1.54) is 67.3 Å². The smallest absolute Gasteiger partial charge is 0.336 e. The zero-order valence-electron chi connectivity index (χ0n) is 44.6. The van der Waals surface area contributed by atoms with Gasteiger partial charge in [-0.1, -0.05) is 18.7 Å². The first-order valence-corrected chi connectivity index (χ1v) is 26.4. The molecule has 1 fully saturated rings. The van der Waals surface area contributed by atoms with E-state index in [2.05, 4.69) is 37.7 Å². The summed E-state index contributed by atoms with van der Waals surface area (Å²) in [5.74, 6) is -0.133. The number of hydrogen-bond acceptors (Lipinski definition) is 17. The number of non-ortho nitro benzene ring substituents is 1.